The van der Waals surface area contributed by atoms with Gasteiger partial charge in [-0.15, -0.1) is 0 Å². The Labute approximate surface area is 104 Å². The molecule has 0 spiro atoms. The van der Waals surface area contributed by atoms with Gasteiger partial charge in [-0.25, -0.2) is 9.78 Å². The average Bonchev–Trinajstić information content (AvgIpc) is 2.31. The summed E-state index contributed by atoms with van der Waals surface area (Å²) in [6.45, 7) is 1.94. The van der Waals surface area contributed by atoms with Crippen LogP contribution in [0.2, 0.25) is 0 Å². The van der Waals surface area contributed by atoms with Gasteiger partial charge in [-0.3, -0.25) is 0 Å². The van der Waals surface area contributed by atoms with E-state index in [4.69, 9.17) is 10.2 Å². The summed E-state index contributed by atoms with van der Waals surface area (Å²) in [6, 6.07) is 3.30. The third-order valence-electron chi connectivity index (χ3n) is 2.43. The number of carboxylic acid groups (broad SMARTS) is 1. The number of nitrogens with zero attached hydrogens (tertiary/aromatic N) is 1. The van der Waals surface area contributed by atoms with Gasteiger partial charge < -0.3 is 15.5 Å². The fourth-order valence-electron chi connectivity index (χ4n) is 1.47. The maximum atomic E-state index is 11.0. The fraction of sp³-hybridized carbons (Fsp3) is 0.455. The van der Waals surface area contributed by atoms with Crippen LogP contribution in [-0.2, 0) is 0 Å². The van der Waals surface area contributed by atoms with E-state index >= 15 is 0 Å². The average molecular weight is 256 g/mol. The minimum atomic E-state index is -1.06. The molecule has 2 atom stereocenters. The second-order valence-corrected chi connectivity index (χ2v) is 4.67. The van der Waals surface area contributed by atoms with Crippen LogP contribution < -0.4 is 5.32 Å². The summed E-state index contributed by atoms with van der Waals surface area (Å²) < 4.78 is 0. The number of carbonyl (C=O) groups is 1. The predicted octanol–water partition coefficient (Wildman–Crippen LogP) is 1.30. The summed E-state index contributed by atoms with van der Waals surface area (Å²) in [4.78, 5) is 14.8. The van der Waals surface area contributed by atoms with Gasteiger partial charge in [-0.1, -0.05) is 0 Å². The zero-order valence-electron chi connectivity index (χ0n) is 9.75. The molecular formula is C11H16N2O3S. The smallest absolute Gasteiger partial charge is 0.356 e. The number of nitrogens with one attached hydrogen (secondary N) is 1. The van der Waals surface area contributed by atoms with Crippen LogP contribution in [0, 0.1) is 0 Å². The van der Waals surface area contributed by atoms with Crippen molar-refractivity contribution in [2.45, 2.75) is 18.2 Å². The van der Waals surface area contributed by atoms with Crippen molar-refractivity contribution in [2.75, 3.05) is 18.2 Å². The molecule has 0 fully saturated rings. The molecule has 5 nitrogen and oxygen atoms in total. The van der Waals surface area contributed by atoms with Crippen molar-refractivity contribution in [1.29, 1.82) is 0 Å². The van der Waals surface area contributed by atoms with E-state index in [2.05, 4.69) is 10.3 Å². The highest BCUT2D eigenvalue weighted by atomic mass is 32.2. The molecule has 3 N–H and O–H groups in total. The van der Waals surface area contributed by atoms with Gasteiger partial charge >= 0.3 is 5.97 Å². The third kappa shape index (κ3) is 3.61. The van der Waals surface area contributed by atoms with Crippen LogP contribution in [0.3, 0.4) is 0 Å². The van der Waals surface area contributed by atoms with Crippen molar-refractivity contribution in [1.82, 2.24) is 4.98 Å². The van der Waals surface area contributed by atoms with E-state index in [0.29, 0.717) is 5.69 Å². The maximum absolute atomic E-state index is 11.0. The highest BCUT2D eigenvalue weighted by molar-refractivity contribution is 7.99. The molecule has 0 saturated heterocycles. The number of pyridine rings is 1. The zero-order chi connectivity index (χ0) is 12.8. The van der Waals surface area contributed by atoms with Crippen LogP contribution in [0.5, 0.6) is 0 Å². The Morgan fingerprint density at radius 1 is 1.65 bits per heavy atom. The molecule has 0 aromatic carbocycles. The Morgan fingerprint density at radius 2 is 2.35 bits per heavy atom. The number of aliphatic hydroxyl groups excluding tert-OH is 1. The maximum Gasteiger partial charge on any atom is 0.356 e. The predicted molar refractivity (Wildman–Crippen MR) is 68.7 cm³/mol. The van der Waals surface area contributed by atoms with Gasteiger partial charge in [0.2, 0.25) is 0 Å². The molecule has 1 aromatic rings. The lowest BCUT2D eigenvalue weighted by atomic mass is 10.2. The molecule has 0 bridgehead atoms. The second kappa shape index (κ2) is 6.46. The van der Waals surface area contributed by atoms with Crippen LogP contribution in [0.25, 0.3) is 0 Å². The normalized spacial score (nSPS) is 14.1. The van der Waals surface area contributed by atoms with Gasteiger partial charge in [0.05, 0.1) is 12.3 Å². The summed E-state index contributed by atoms with van der Waals surface area (Å²) in [6.07, 6.45) is 3.35. The van der Waals surface area contributed by atoms with Crippen LogP contribution >= 0.6 is 11.8 Å². The van der Waals surface area contributed by atoms with Gasteiger partial charge in [0, 0.05) is 17.5 Å². The Morgan fingerprint density at radius 3 is 2.88 bits per heavy atom. The highest BCUT2D eigenvalue weighted by Crippen LogP contribution is 2.18. The van der Waals surface area contributed by atoms with E-state index in [9.17, 15) is 4.79 Å². The largest absolute Gasteiger partial charge is 0.476 e. The van der Waals surface area contributed by atoms with Crippen molar-refractivity contribution in [3.8, 4) is 0 Å². The van der Waals surface area contributed by atoms with Crippen molar-refractivity contribution in [3.63, 3.8) is 0 Å². The Hall–Kier alpha value is -1.27. The van der Waals surface area contributed by atoms with E-state index in [0.717, 1.165) is 0 Å². The van der Waals surface area contributed by atoms with Crippen LogP contribution in [0.1, 0.15) is 17.4 Å². The Balaban J connectivity index is 2.84. The molecule has 94 valence electrons. The van der Waals surface area contributed by atoms with E-state index in [1.54, 1.807) is 12.1 Å². The monoisotopic (exact) mass is 256 g/mol. The summed E-state index contributed by atoms with van der Waals surface area (Å²) in [5.74, 6) is -1.06. The minimum absolute atomic E-state index is 0.00265. The number of aliphatic hydroxyl groups is 1. The molecule has 0 radical (unpaired) electrons. The van der Waals surface area contributed by atoms with Crippen LogP contribution in [0.4, 0.5) is 5.69 Å². The van der Waals surface area contributed by atoms with Gasteiger partial charge in [0.15, 0.2) is 5.69 Å². The van der Waals surface area contributed by atoms with E-state index in [1.807, 2.05) is 13.2 Å². The minimum Gasteiger partial charge on any atom is -0.476 e. The van der Waals surface area contributed by atoms with Crippen molar-refractivity contribution < 1.29 is 15.0 Å². The molecule has 17 heavy (non-hydrogen) atoms. The van der Waals surface area contributed by atoms with Gasteiger partial charge in [0.1, 0.15) is 0 Å². The Kier molecular flexibility index (Phi) is 5.24. The lowest BCUT2D eigenvalue weighted by molar-refractivity contribution is 0.0691. The molecule has 0 amide bonds. The fourth-order valence-corrected chi connectivity index (χ4v) is 2.09. The van der Waals surface area contributed by atoms with Gasteiger partial charge in [-0.2, -0.15) is 11.8 Å². The summed E-state index contributed by atoms with van der Waals surface area (Å²) in [7, 11) is 0. The quantitative estimate of drug-likeness (QED) is 0.711. The second-order valence-electron chi connectivity index (χ2n) is 3.59. The van der Waals surface area contributed by atoms with E-state index < -0.39 is 5.97 Å². The first-order chi connectivity index (χ1) is 8.10. The molecule has 2 unspecified atom stereocenters. The van der Waals surface area contributed by atoms with E-state index in [1.165, 1.54) is 18.0 Å². The van der Waals surface area contributed by atoms with Crippen molar-refractivity contribution >= 4 is 23.4 Å². The molecule has 6 heteroatoms. The highest BCUT2D eigenvalue weighted by Gasteiger charge is 2.18. The van der Waals surface area contributed by atoms with Gasteiger partial charge in [-0.05, 0) is 25.3 Å². The molecule has 0 aliphatic carbocycles. The van der Waals surface area contributed by atoms with E-state index in [-0.39, 0.29) is 23.6 Å². The molecule has 1 heterocycles. The first-order valence-electron chi connectivity index (χ1n) is 5.18. The number of rotatable bonds is 6. The molecule has 1 rings (SSSR count). The number of anilines is 1. The Bertz CT molecular complexity index is 383. The van der Waals surface area contributed by atoms with Crippen LogP contribution in [0.15, 0.2) is 18.3 Å². The van der Waals surface area contributed by atoms with Crippen LogP contribution in [-0.4, -0.2) is 45.3 Å². The summed E-state index contributed by atoms with van der Waals surface area (Å²) in [5.41, 5.74) is 0.470. The standard InChI is InChI=1S/C11H16N2O3S/c1-7(9(6-14)17-2)13-8-4-3-5-12-10(8)11(15)16/h3-5,7,9,13-14H,6H2,1-2H3,(H,15,16). The number of hydrogen-bond donors (Lipinski definition) is 3. The lowest BCUT2D eigenvalue weighted by Gasteiger charge is -2.22. The first-order valence-corrected chi connectivity index (χ1v) is 6.47. The van der Waals surface area contributed by atoms with Gasteiger partial charge in [0.25, 0.3) is 0 Å². The van der Waals surface area contributed by atoms with Crippen molar-refractivity contribution in [2.24, 2.45) is 0 Å². The number of thioether (sulfide) groups is 1. The first kappa shape index (κ1) is 13.8. The summed E-state index contributed by atoms with van der Waals surface area (Å²) >= 11 is 1.53. The number of aromatic nitrogens is 1. The van der Waals surface area contributed by atoms with Crippen molar-refractivity contribution in [3.05, 3.63) is 24.0 Å². The molecule has 0 aliphatic rings. The number of hydrogen-bond acceptors (Lipinski definition) is 5. The number of carboxylic acids is 1. The topological polar surface area (TPSA) is 82.5 Å². The number of aromatic carboxylic acids is 1. The molecule has 0 saturated carbocycles. The molecular weight excluding hydrogens is 240 g/mol. The SMILES string of the molecule is CSC(CO)C(C)Nc1cccnc1C(=O)O. The lowest BCUT2D eigenvalue weighted by Crippen LogP contribution is -2.31. The molecule has 1 aromatic heterocycles. The zero-order valence-corrected chi connectivity index (χ0v) is 10.6. The molecule has 0 aliphatic heterocycles. The summed E-state index contributed by atoms with van der Waals surface area (Å²) in [5, 5.41) is 21.2. The third-order valence-corrected chi connectivity index (χ3v) is 3.60.